The van der Waals surface area contributed by atoms with E-state index in [1.807, 2.05) is 0 Å². The fourth-order valence-corrected chi connectivity index (χ4v) is 9.19. The van der Waals surface area contributed by atoms with Crippen LogP contribution in [0, 0.1) is 23.1 Å². The summed E-state index contributed by atoms with van der Waals surface area (Å²) in [5.41, 5.74) is -1.26. The number of Topliss-reactive ketones (excluding diaryl/α,β-unsaturated/α-hetero) is 1. The normalized spacial score (nSPS) is 27.8. The van der Waals surface area contributed by atoms with E-state index in [0.717, 1.165) is 6.08 Å². The maximum atomic E-state index is 14.6. The van der Waals surface area contributed by atoms with Crippen LogP contribution in [-0.2, 0) is 56.6 Å². The average molecular weight is 785 g/mol. The van der Waals surface area contributed by atoms with Crippen molar-refractivity contribution < 1.29 is 51.0 Å². The number of nitrogens with one attached hydrogen (secondary N) is 1. The predicted molar refractivity (Wildman–Crippen MR) is 195 cm³/mol. The number of allylic oxidation sites excluding steroid dienone is 1. The molecule has 0 aromatic heterocycles. The Bertz CT molecular complexity index is 1910. The lowest BCUT2D eigenvalue weighted by Crippen LogP contribution is -2.47. The van der Waals surface area contributed by atoms with Gasteiger partial charge < -0.3 is 19.3 Å². The van der Waals surface area contributed by atoms with Gasteiger partial charge in [-0.05, 0) is 76.5 Å². The van der Waals surface area contributed by atoms with Crippen LogP contribution in [0.15, 0.2) is 43.0 Å². The number of ketones is 1. The Balaban J connectivity index is 1.30. The Morgan fingerprint density at radius 2 is 1.82 bits per heavy atom. The molecule has 298 valence electrons. The third kappa shape index (κ3) is 9.11. The van der Waals surface area contributed by atoms with E-state index < -0.39 is 91.7 Å². The second-order valence-corrected chi connectivity index (χ2v) is 18.3. The Hall–Kier alpha value is -4.60. The molecule has 3 heterocycles. The molecule has 5 atom stereocenters. The third-order valence-corrected chi connectivity index (χ3v) is 12.8. The summed E-state index contributed by atoms with van der Waals surface area (Å²) in [7, 11) is -3.94. The van der Waals surface area contributed by atoms with E-state index in [4.69, 9.17) is 9.47 Å². The number of hydrogen-bond acceptors (Lipinski definition) is 10. The van der Waals surface area contributed by atoms with Gasteiger partial charge in [0.05, 0.1) is 42.1 Å². The lowest BCUT2D eigenvalue weighted by Gasteiger charge is -2.30. The van der Waals surface area contributed by atoms with Crippen LogP contribution in [0.5, 0.6) is 0 Å². The minimum atomic E-state index is -3.94. The fourth-order valence-electron chi connectivity index (χ4n) is 7.81. The number of carbonyl (C=O) groups is 6. The number of sulfonamides is 1. The van der Waals surface area contributed by atoms with Crippen molar-refractivity contribution in [1.82, 2.24) is 19.4 Å². The summed E-state index contributed by atoms with van der Waals surface area (Å²) in [6, 6.07) is 3.39. The average Bonchev–Trinajstić information content (AvgIpc) is 3.99. The van der Waals surface area contributed by atoms with Crippen LogP contribution < -0.4 is 4.72 Å². The Labute approximate surface area is 320 Å². The first-order valence-corrected chi connectivity index (χ1v) is 20.4. The van der Waals surface area contributed by atoms with Crippen molar-refractivity contribution in [2.45, 2.75) is 108 Å². The molecule has 1 aromatic carbocycles. The van der Waals surface area contributed by atoms with Gasteiger partial charge in [0.15, 0.2) is 5.78 Å². The summed E-state index contributed by atoms with van der Waals surface area (Å²) in [4.78, 5) is 86.4. The highest BCUT2D eigenvalue weighted by Gasteiger charge is 2.61. The number of ether oxygens (including phenoxy) is 2. The molecule has 0 spiro atoms. The molecule has 0 bridgehead atoms. The molecule has 0 radical (unpaired) electrons. The van der Waals surface area contributed by atoms with Crippen LogP contribution in [0.2, 0.25) is 0 Å². The van der Waals surface area contributed by atoms with Crippen LogP contribution in [0.3, 0.4) is 0 Å². The van der Waals surface area contributed by atoms with Crippen molar-refractivity contribution >= 4 is 45.6 Å². The molecule has 2 saturated carbocycles. The first-order valence-electron chi connectivity index (χ1n) is 18.8. The minimum Gasteiger partial charge on any atom is -0.460 e. The Morgan fingerprint density at radius 1 is 1.07 bits per heavy atom. The standard InChI is InChI=1S/C39H49FN4O10S/c1-5-33(46)42-15-7-6-10-26-19-39(26,36(49)41-55(51,52)28-12-13-28)20-32(45)31-18-27(53-37(50)43-21-25-9-8-11-30(40)29(25)23-43)22-44(31)35(48)24(14-16-42)17-34(47)54-38(2,3)4/h5-6,8-11,24,26-28,31H,1,7,12-23H2,2-4H3,(H,41,49)/b10-6-/t24-,26-,27-,31+,39-/m1/s1. The lowest BCUT2D eigenvalue weighted by atomic mass is 9.91. The molecule has 5 aliphatic rings. The molecule has 1 saturated heterocycles. The Kier molecular flexibility index (Phi) is 11.3. The van der Waals surface area contributed by atoms with Gasteiger partial charge >= 0.3 is 12.1 Å². The van der Waals surface area contributed by atoms with Gasteiger partial charge in [-0.2, -0.15) is 0 Å². The van der Waals surface area contributed by atoms with Gasteiger partial charge in [-0.25, -0.2) is 17.6 Å². The van der Waals surface area contributed by atoms with E-state index in [1.54, 1.807) is 45.1 Å². The van der Waals surface area contributed by atoms with E-state index in [9.17, 15) is 41.6 Å². The number of carbonyl (C=O) groups excluding carboxylic acids is 6. The number of amides is 4. The van der Waals surface area contributed by atoms with E-state index in [0.29, 0.717) is 30.4 Å². The van der Waals surface area contributed by atoms with Crippen LogP contribution in [0.1, 0.15) is 83.3 Å². The summed E-state index contributed by atoms with van der Waals surface area (Å²) < 4.78 is 53.8. The van der Waals surface area contributed by atoms with Gasteiger partial charge in [0.2, 0.25) is 27.7 Å². The van der Waals surface area contributed by atoms with Gasteiger partial charge in [0, 0.05) is 38.0 Å². The number of nitrogens with zero attached hydrogens (tertiary/aromatic N) is 3. The maximum Gasteiger partial charge on any atom is 0.410 e. The van der Waals surface area contributed by atoms with Crippen molar-refractivity contribution in [3.63, 3.8) is 0 Å². The molecule has 3 aliphatic heterocycles. The smallest absolute Gasteiger partial charge is 0.410 e. The number of benzene rings is 1. The lowest BCUT2D eigenvalue weighted by molar-refractivity contribution is -0.159. The first kappa shape index (κ1) is 40.1. The SMILES string of the molecule is C=CC(=O)N1CC/C=C\[C@@H]2C[C@@]2(C(=O)NS(=O)(=O)C2CC2)CC(=O)[C@@H]2C[C@@H](OC(=O)N3Cc4cccc(F)c4C3)CN2C(=O)[C@@H](CC(=O)OC(C)(C)C)CC1. The van der Waals surface area contributed by atoms with E-state index in [1.165, 1.54) is 20.8 Å². The largest absolute Gasteiger partial charge is 0.460 e. The zero-order valence-electron chi connectivity index (χ0n) is 31.5. The van der Waals surface area contributed by atoms with E-state index in [-0.39, 0.29) is 64.8 Å². The summed E-state index contributed by atoms with van der Waals surface area (Å²) in [5.74, 6) is -4.95. The summed E-state index contributed by atoms with van der Waals surface area (Å²) >= 11 is 0. The van der Waals surface area contributed by atoms with Gasteiger partial charge in [-0.3, -0.25) is 33.6 Å². The molecule has 14 nitrogen and oxygen atoms in total. The first-order chi connectivity index (χ1) is 25.9. The predicted octanol–water partition coefficient (Wildman–Crippen LogP) is 3.53. The van der Waals surface area contributed by atoms with Crippen LogP contribution in [0.4, 0.5) is 9.18 Å². The van der Waals surface area contributed by atoms with Crippen molar-refractivity contribution in [3.8, 4) is 0 Å². The second-order valence-electron chi connectivity index (χ2n) is 16.3. The molecule has 1 aromatic rings. The molecule has 2 aliphatic carbocycles. The van der Waals surface area contributed by atoms with Crippen LogP contribution >= 0.6 is 0 Å². The van der Waals surface area contributed by atoms with E-state index >= 15 is 0 Å². The quantitative estimate of drug-likeness (QED) is 0.245. The van der Waals surface area contributed by atoms with Crippen LogP contribution in [-0.4, -0.2) is 101 Å². The monoisotopic (exact) mass is 784 g/mol. The van der Waals surface area contributed by atoms with Crippen molar-refractivity contribution in [2.24, 2.45) is 17.3 Å². The molecule has 4 amide bonds. The molecule has 6 rings (SSSR count). The van der Waals surface area contributed by atoms with Crippen molar-refractivity contribution in [3.05, 3.63) is 60.0 Å². The fraction of sp³-hybridized carbons (Fsp3) is 0.590. The van der Waals surface area contributed by atoms with Gasteiger partial charge in [-0.1, -0.05) is 30.9 Å². The van der Waals surface area contributed by atoms with Crippen LogP contribution in [0.25, 0.3) is 0 Å². The molecular weight excluding hydrogens is 736 g/mol. The summed E-state index contributed by atoms with van der Waals surface area (Å²) in [5, 5.41) is -0.674. The highest BCUT2D eigenvalue weighted by Crippen LogP contribution is 2.57. The number of halogens is 1. The third-order valence-electron chi connectivity index (χ3n) is 11.0. The van der Waals surface area contributed by atoms with Gasteiger partial charge in [-0.15, -0.1) is 0 Å². The summed E-state index contributed by atoms with van der Waals surface area (Å²) in [6.07, 6.45) is 3.53. The zero-order valence-corrected chi connectivity index (χ0v) is 32.3. The molecule has 1 N–H and O–H groups in total. The van der Waals surface area contributed by atoms with Crippen molar-refractivity contribution in [1.29, 1.82) is 0 Å². The van der Waals surface area contributed by atoms with E-state index in [2.05, 4.69) is 11.3 Å². The van der Waals surface area contributed by atoms with Gasteiger partial charge in [0.25, 0.3) is 0 Å². The molecule has 55 heavy (non-hydrogen) atoms. The highest BCUT2D eigenvalue weighted by molar-refractivity contribution is 7.90. The van der Waals surface area contributed by atoms with Crippen molar-refractivity contribution in [2.75, 3.05) is 19.6 Å². The number of esters is 1. The minimum absolute atomic E-state index is 0.0211. The topological polar surface area (TPSA) is 177 Å². The number of rotatable bonds is 7. The number of hydrogen-bond donors (Lipinski definition) is 1. The molecule has 16 heteroatoms. The molecule has 3 fully saturated rings. The highest BCUT2D eigenvalue weighted by atomic mass is 32.2. The summed E-state index contributed by atoms with van der Waals surface area (Å²) in [6.45, 7) is 8.84. The zero-order chi connectivity index (χ0) is 39.9. The van der Waals surface area contributed by atoms with Gasteiger partial charge in [0.1, 0.15) is 17.5 Å². The Morgan fingerprint density at radius 3 is 2.49 bits per heavy atom. The maximum absolute atomic E-state index is 14.6. The number of fused-ring (bicyclic) bond motifs is 3. The molecular formula is C39H49FN4O10S. The second kappa shape index (κ2) is 15.5. The molecule has 0 unspecified atom stereocenters.